The van der Waals surface area contributed by atoms with E-state index in [4.69, 9.17) is 9.47 Å². The normalized spacial score (nSPS) is 20.2. The summed E-state index contributed by atoms with van der Waals surface area (Å²) in [6, 6.07) is 5.49. The fourth-order valence-corrected chi connectivity index (χ4v) is 4.26. The lowest BCUT2D eigenvalue weighted by Gasteiger charge is -2.42. The van der Waals surface area contributed by atoms with Gasteiger partial charge in [-0.05, 0) is 70.3 Å². The molecule has 0 spiro atoms. The minimum absolute atomic E-state index is 0.148. The fourth-order valence-electron chi connectivity index (χ4n) is 4.26. The minimum Gasteiger partial charge on any atom is -0.493 e. The van der Waals surface area contributed by atoms with Gasteiger partial charge in [0.25, 0.3) is 0 Å². The van der Waals surface area contributed by atoms with Crippen LogP contribution in [0.15, 0.2) is 12.1 Å². The molecule has 142 valence electrons. The highest BCUT2D eigenvalue weighted by Crippen LogP contribution is 2.42. The SMILES string of the molecule is CCC1(CCN(C(C)C)C(C)C)CNCc2cc(OC)c(OC)cc21. The lowest BCUT2D eigenvalue weighted by molar-refractivity contribution is 0.151. The van der Waals surface area contributed by atoms with E-state index in [1.165, 1.54) is 11.1 Å². The van der Waals surface area contributed by atoms with Crippen molar-refractivity contribution in [2.75, 3.05) is 27.3 Å². The van der Waals surface area contributed by atoms with Crippen molar-refractivity contribution in [3.8, 4) is 11.5 Å². The first-order valence-electron chi connectivity index (χ1n) is 9.60. The van der Waals surface area contributed by atoms with Crippen LogP contribution >= 0.6 is 0 Å². The molecule has 0 saturated heterocycles. The molecule has 1 N–H and O–H groups in total. The van der Waals surface area contributed by atoms with Crippen molar-refractivity contribution in [3.63, 3.8) is 0 Å². The van der Waals surface area contributed by atoms with Gasteiger partial charge in [0.15, 0.2) is 11.5 Å². The molecule has 1 aliphatic heterocycles. The van der Waals surface area contributed by atoms with E-state index in [0.717, 1.165) is 44.0 Å². The molecular weight excluding hydrogens is 312 g/mol. The smallest absolute Gasteiger partial charge is 0.161 e. The van der Waals surface area contributed by atoms with Crippen LogP contribution in [-0.4, -0.2) is 44.3 Å². The highest BCUT2D eigenvalue weighted by molar-refractivity contribution is 5.51. The van der Waals surface area contributed by atoms with Gasteiger partial charge in [-0.3, -0.25) is 4.90 Å². The van der Waals surface area contributed by atoms with E-state index in [1.807, 2.05) is 0 Å². The Kier molecular flexibility index (Phi) is 6.75. The summed E-state index contributed by atoms with van der Waals surface area (Å²) in [5.74, 6) is 1.66. The van der Waals surface area contributed by atoms with E-state index in [0.29, 0.717) is 12.1 Å². The third kappa shape index (κ3) is 4.12. The van der Waals surface area contributed by atoms with Crippen molar-refractivity contribution >= 4 is 0 Å². The Balaban J connectivity index is 2.36. The Hall–Kier alpha value is -1.26. The molecule has 1 heterocycles. The number of fused-ring (bicyclic) bond motifs is 1. The molecule has 4 heteroatoms. The van der Waals surface area contributed by atoms with Gasteiger partial charge in [-0.25, -0.2) is 0 Å². The molecule has 1 aliphatic rings. The van der Waals surface area contributed by atoms with Crippen LogP contribution in [-0.2, 0) is 12.0 Å². The molecule has 1 aromatic rings. The minimum atomic E-state index is 0.148. The Labute approximate surface area is 153 Å². The third-order valence-electron chi connectivity index (χ3n) is 5.81. The molecule has 0 saturated carbocycles. The molecule has 0 bridgehead atoms. The van der Waals surface area contributed by atoms with Gasteiger partial charge >= 0.3 is 0 Å². The van der Waals surface area contributed by atoms with Crippen LogP contribution in [0, 0.1) is 0 Å². The van der Waals surface area contributed by atoms with Crippen molar-refractivity contribution in [2.24, 2.45) is 0 Å². The van der Waals surface area contributed by atoms with Gasteiger partial charge in [0, 0.05) is 30.6 Å². The number of ether oxygens (including phenoxy) is 2. The van der Waals surface area contributed by atoms with Crippen LogP contribution < -0.4 is 14.8 Å². The Bertz CT molecular complexity index is 563. The van der Waals surface area contributed by atoms with Gasteiger partial charge in [-0.15, -0.1) is 0 Å². The van der Waals surface area contributed by atoms with Crippen molar-refractivity contribution in [3.05, 3.63) is 23.3 Å². The predicted molar refractivity (Wildman–Crippen MR) is 105 cm³/mol. The topological polar surface area (TPSA) is 33.7 Å². The lowest BCUT2D eigenvalue weighted by atomic mass is 9.71. The molecule has 0 fully saturated rings. The van der Waals surface area contributed by atoms with Crippen LogP contribution in [0.5, 0.6) is 11.5 Å². The average Bonchev–Trinajstić information content (AvgIpc) is 2.60. The summed E-state index contributed by atoms with van der Waals surface area (Å²) in [4.78, 5) is 2.59. The van der Waals surface area contributed by atoms with Crippen LogP contribution in [0.4, 0.5) is 0 Å². The number of rotatable bonds is 8. The fraction of sp³-hybridized carbons (Fsp3) is 0.714. The van der Waals surface area contributed by atoms with Gasteiger partial charge in [0.05, 0.1) is 14.2 Å². The molecule has 4 nitrogen and oxygen atoms in total. The number of methoxy groups -OCH3 is 2. The zero-order valence-electron chi connectivity index (χ0n) is 17.1. The highest BCUT2D eigenvalue weighted by atomic mass is 16.5. The Morgan fingerprint density at radius 2 is 1.68 bits per heavy atom. The van der Waals surface area contributed by atoms with Gasteiger partial charge in [0.2, 0.25) is 0 Å². The Morgan fingerprint density at radius 3 is 2.20 bits per heavy atom. The summed E-state index contributed by atoms with van der Waals surface area (Å²) in [6.45, 7) is 14.5. The summed E-state index contributed by atoms with van der Waals surface area (Å²) in [6.07, 6.45) is 2.27. The predicted octanol–water partition coefficient (Wildman–Crippen LogP) is 3.96. The largest absolute Gasteiger partial charge is 0.493 e. The van der Waals surface area contributed by atoms with E-state index in [1.54, 1.807) is 14.2 Å². The quantitative estimate of drug-likeness (QED) is 0.771. The second kappa shape index (κ2) is 8.41. The molecule has 0 radical (unpaired) electrons. The molecule has 0 aromatic heterocycles. The highest BCUT2D eigenvalue weighted by Gasteiger charge is 2.36. The van der Waals surface area contributed by atoms with Crippen LogP contribution in [0.3, 0.4) is 0 Å². The summed E-state index contributed by atoms with van der Waals surface area (Å²) >= 11 is 0. The molecule has 0 aliphatic carbocycles. The van der Waals surface area contributed by atoms with Gasteiger partial charge in [0.1, 0.15) is 0 Å². The van der Waals surface area contributed by atoms with E-state index in [-0.39, 0.29) is 5.41 Å². The molecule has 1 unspecified atom stereocenters. The molecule has 25 heavy (non-hydrogen) atoms. The van der Waals surface area contributed by atoms with Crippen molar-refractivity contribution in [1.82, 2.24) is 10.2 Å². The van der Waals surface area contributed by atoms with E-state index < -0.39 is 0 Å². The van der Waals surface area contributed by atoms with Crippen molar-refractivity contribution in [1.29, 1.82) is 0 Å². The number of nitrogens with one attached hydrogen (secondary N) is 1. The standard InChI is InChI=1S/C21H36N2O2/c1-8-21(9-10-23(15(2)3)16(4)5)14-22-13-17-11-19(24-6)20(25-7)12-18(17)21/h11-12,15-16,22H,8-10,13-14H2,1-7H3. The number of benzene rings is 1. The number of nitrogens with zero attached hydrogens (tertiary/aromatic N) is 1. The van der Waals surface area contributed by atoms with Gasteiger partial charge in [-0.1, -0.05) is 6.92 Å². The lowest BCUT2D eigenvalue weighted by Crippen LogP contribution is -2.47. The monoisotopic (exact) mass is 348 g/mol. The van der Waals surface area contributed by atoms with Crippen molar-refractivity contribution < 1.29 is 9.47 Å². The number of hydrogen-bond acceptors (Lipinski definition) is 4. The first-order valence-corrected chi connectivity index (χ1v) is 9.60. The molecule has 1 atom stereocenters. The summed E-state index contributed by atoms with van der Waals surface area (Å²) in [7, 11) is 3.43. The number of hydrogen-bond donors (Lipinski definition) is 1. The zero-order chi connectivity index (χ0) is 18.6. The van der Waals surface area contributed by atoms with Gasteiger partial charge < -0.3 is 14.8 Å². The molecule has 0 amide bonds. The third-order valence-corrected chi connectivity index (χ3v) is 5.81. The maximum absolute atomic E-state index is 5.59. The van der Waals surface area contributed by atoms with E-state index in [9.17, 15) is 0 Å². The van der Waals surface area contributed by atoms with Crippen LogP contribution in [0.1, 0.15) is 58.6 Å². The molecule has 2 rings (SSSR count). The van der Waals surface area contributed by atoms with E-state index in [2.05, 4.69) is 57.0 Å². The van der Waals surface area contributed by atoms with Gasteiger partial charge in [-0.2, -0.15) is 0 Å². The second-order valence-electron chi connectivity index (χ2n) is 7.78. The first-order chi connectivity index (χ1) is 11.9. The second-order valence-corrected chi connectivity index (χ2v) is 7.78. The first kappa shape index (κ1) is 20.1. The molecular formula is C21H36N2O2. The summed E-state index contributed by atoms with van der Waals surface area (Å²) < 4.78 is 11.1. The maximum atomic E-state index is 5.59. The zero-order valence-corrected chi connectivity index (χ0v) is 17.1. The van der Waals surface area contributed by atoms with Crippen molar-refractivity contribution in [2.45, 2.75) is 71.5 Å². The maximum Gasteiger partial charge on any atom is 0.161 e. The summed E-state index contributed by atoms with van der Waals surface area (Å²) in [5, 5.41) is 3.64. The summed E-state index contributed by atoms with van der Waals surface area (Å²) in [5.41, 5.74) is 2.92. The van der Waals surface area contributed by atoms with E-state index >= 15 is 0 Å². The average molecular weight is 349 g/mol. The van der Waals surface area contributed by atoms with Crippen LogP contribution in [0.25, 0.3) is 0 Å². The van der Waals surface area contributed by atoms with Crippen LogP contribution in [0.2, 0.25) is 0 Å². The Morgan fingerprint density at radius 1 is 1.08 bits per heavy atom. The molecule has 1 aromatic carbocycles.